The molecule has 0 saturated carbocycles. The molecule has 0 amide bonds. The van der Waals surface area contributed by atoms with E-state index in [9.17, 15) is 9.59 Å². The van der Waals surface area contributed by atoms with E-state index in [1.807, 2.05) is 6.26 Å². The zero-order chi connectivity index (χ0) is 14.3. The number of methoxy groups -OCH3 is 1. The van der Waals surface area contributed by atoms with Crippen LogP contribution in [0, 0.1) is 0 Å². The summed E-state index contributed by atoms with van der Waals surface area (Å²) in [5.74, 6) is -0.806. The van der Waals surface area contributed by atoms with Crippen LogP contribution >= 0.6 is 23.5 Å². The lowest BCUT2D eigenvalue weighted by molar-refractivity contribution is -0.137. The van der Waals surface area contributed by atoms with Gasteiger partial charge in [-0.15, -0.1) is 0 Å². The average molecular weight is 302 g/mol. The first-order valence-electron chi connectivity index (χ1n) is 5.40. The van der Waals surface area contributed by atoms with Crippen molar-refractivity contribution in [3.63, 3.8) is 0 Å². The number of esters is 2. The van der Waals surface area contributed by atoms with Gasteiger partial charge in [-0.25, -0.2) is 14.8 Å². The molecule has 1 heterocycles. The summed E-state index contributed by atoms with van der Waals surface area (Å²) in [4.78, 5) is 31.1. The topological polar surface area (TPSA) is 78.4 Å². The van der Waals surface area contributed by atoms with Crippen molar-refractivity contribution in [3.8, 4) is 0 Å². The van der Waals surface area contributed by atoms with E-state index < -0.39 is 5.97 Å². The minimum atomic E-state index is -0.498. The quantitative estimate of drug-likeness (QED) is 0.340. The van der Waals surface area contributed by atoms with Crippen molar-refractivity contribution >= 4 is 35.5 Å². The fourth-order valence-corrected chi connectivity index (χ4v) is 2.31. The largest absolute Gasteiger partial charge is 0.468 e. The molecule has 1 aromatic heterocycles. The molecule has 19 heavy (non-hydrogen) atoms. The third kappa shape index (κ3) is 4.71. The highest BCUT2D eigenvalue weighted by molar-refractivity contribution is 8.00. The van der Waals surface area contributed by atoms with Crippen LogP contribution in [-0.2, 0) is 14.3 Å². The summed E-state index contributed by atoms with van der Waals surface area (Å²) < 4.78 is 9.47. The molecule has 0 atom stereocenters. The molecule has 0 aromatic carbocycles. The number of carbonyl (C=O) groups is 2. The van der Waals surface area contributed by atoms with Crippen LogP contribution in [0.2, 0.25) is 0 Å². The highest BCUT2D eigenvalue weighted by atomic mass is 32.2. The van der Waals surface area contributed by atoms with Gasteiger partial charge in [0.25, 0.3) is 0 Å². The first-order valence-corrected chi connectivity index (χ1v) is 7.61. The molecule has 0 N–H and O–H groups in total. The Balaban J connectivity index is 2.95. The van der Waals surface area contributed by atoms with E-state index in [1.165, 1.54) is 25.1 Å². The maximum Gasteiger partial charge on any atom is 0.342 e. The summed E-state index contributed by atoms with van der Waals surface area (Å²) in [6.45, 7) is 1.99. The molecule has 8 heteroatoms. The van der Waals surface area contributed by atoms with Gasteiger partial charge in [-0.1, -0.05) is 23.5 Å². The summed E-state index contributed by atoms with van der Waals surface area (Å²) in [6.07, 6.45) is 3.24. The Morgan fingerprint density at radius 2 is 2.16 bits per heavy atom. The maximum atomic E-state index is 11.7. The summed E-state index contributed by atoms with van der Waals surface area (Å²) in [7, 11) is 1.31. The van der Waals surface area contributed by atoms with Crippen LogP contribution in [0.4, 0.5) is 0 Å². The van der Waals surface area contributed by atoms with Crippen molar-refractivity contribution in [1.82, 2.24) is 9.97 Å². The molecule has 0 aliphatic rings. The van der Waals surface area contributed by atoms with Gasteiger partial charge in [-0.3, -0.25) is 4.79 Å². The van der Waals surface area contributed by atoms with Crippen LogP contribution in [0.25, 0.3) is 0 Å². The minimum Gasteiger partial charge on any atom is -0.468 e. The highest BCUT2D eigenvalue weighted by Crippen LogP contribution is 2.23. The van der Waals surface area contributed by atoms with Gasteiger partial charge >= 0.3 is 11.9 Å². The van der Waals surface area contributed by atoms with Gasteiger partial charge in [0.1, 0.15) is 10.6 Å². The first-order chi connectivity index (χ1) is 9.12. The lowest BCUT2D eigenvalue weighted by atomic mass is 10.3. The molecule has 0 aliphatic heterocycles. The fourth-order valence-electron chi connectivity index (χ4n) is 1.09. The number of hydrogen-bond donors (Lipinski definition) is 0. The van der Waals surface area contributed by atoms with Crippen molar-refractivity contribution in [2.24, 2.45) is 0 Å². The molecule has 104 valence electrons. The van der Waals surface area contributed by atoms with Crippen molar-refractivity contribution in [2.45, 2.75) is 17.1 Å². The SMILES string of the molecule is CCOC(=O)c1cnc(SC)nc1SCC(=O)OC. The molecule has 6 nitrogen and oxygen atoms in total. The Hall–Kier alpha value is -1.28. The van der Waals surface area contributed by atoms with Gasteiger partial charge in [0.05, 0.1) is 19.5 Å². The number of rotatable bonds is 6. The van der Waals surface area contributed by atoms with Crippen LogP contribution in [-0.4, -0.2) is 47.6 Å². The zero-order valence-corrected chi connectivity index (χ0v) is 12.5. The first kappa shape index (κ1) is 15.8. The molecule has 1 rings (SSSR count). The fraction of sp³-hybridized carbons (Fsp3) is 0.455. The lowest BCUT2D eigenvalue weighted by Crippen LogP contribution is -2.10. The van der Waals surface area contributed by atoms with Crippen LogP contribution in [0.1, 0.15) is 17.3 Å². The second-order valence-corrected chi connectivity index (χ2v) is 4.90. The summed E-state index contributed by atoms with van der Waals surface area (Å²) >= 11 is 2.48. The minimum absolute atomic E-state index is 0.0771. The zero-order valence-electron chi connectivity index (χ0n) is 10.8. The molecule has 0 aliphatic carbocycles. The highest BCUT2D eigenvalue weighted by Gasteiger charge is 2.17. The number of ether oxygens (including phenoxy) is 2. The average Bonchev–Trinajstić information content (AvgIpc) is 2.44. The third-order valence-corrected chi connectivity index (χ3v) is 3.49. The second-order valence-electron chi connectivity index (χ2n) is 3.16. The number of carbonyl (C=O) groups excluding carboxylic acids is 2. The Kier molecular flexibility index (Phi) is 6.65. The van der Waals surface area contributed by atoms with E-state index in [0.29, 0.717) is 10.2 Å². The molecule has 0 saturated heterocycles. The molecule has 0 spiro atoms. The summed E-state index contributed by atoms with van der Waals surface area (Å²) in [6, 6.07) is 0. The second kappa shape index (κ2) is 8.00. The predicted octanol–water partition coefficient (Wildman–Crippen LogP) is 1.64. The molecular weight excluding hydrogens is 288 g/mol. The molecule has 0 radical (unpaired) electrons. The van der Waals surface area contributed by atoms with Crippen LogP contribution < -0.4 is 0 Å². The molecule has 1 aromatic rings. The van der Waals surface area contributed by atoms with Crippen molar-refractivity contribution in [3.05, 3.63) is 11.8 Å². The number of aromatic nitrogens is 2. The van der Waals surface area contributed by atoms with E-state index in [2.05, 4.69) is 14.7 Å². The summed E-state index contributed by atoms with van der Waals surface area (Å²) in [5, 5.41) is 0.948. The van der Waals surface area contributed by atoms with Crippen LogP contribution in [0.5, 0.6) is 0 Å². The third-order valence-electron chi connectivity index (χ3n) is 1.96. The van der Waals surface area contributed by atoms with Gasteiger partial charge in [0.15, 0.2) is 5.16 Å². The Morgan fingerprint density at radius 1 is 1.42 bits per heavy atom. The van der Waals surface area contributed by atoms with Crippen LogP contribution in [0.15, 0.2) is 16.4 Å². The standard InChI is InChI=1S/C11H14N2O4S2/c1-4-17-10(15)7-5-12-11(18-3)13-9(7)19-6-8(14)16-2/h5H,4,6H2,1-3H3. The van der Waals surface area contributed by atoms with Gasteiger partial charge in [-0.2, -0.15) is 0 Å². The van der Waals surface area contributed by atoms with Gasteiger partial charge in [0, 0.05) is 6.20 Å². The van der Waals surface area contributed by atoms with Gasteiger partial charge in [-0.05, 0) is 13.2 Å². The Bertz CT molecular complexity index is 468. The molecule has 0 bridgehead atoms. The van der Waals surface area contributed by atoms with E-state index >= 15 is 0 Å². The summed E-state index contributed by atoms with van der Waals surface area (Å²) in [5.41, 5.74) is 0.258. The van der Waals surface area contributed by atoms with Crippen molar-refractivity contribution in [2.75, 3.05) is 25.7 Å². The maximum absolute atomic E-state index is 11.7. The normalized spacial score (nSPS) is 10.1. The van der Waals surface area contributed by atoms with Crippen molar-refractivity contribution < 1.29 is 19.1 Å². The van der Waals surface area contributed by atoms with E-state index in [0.717, 1.165) is 11.8 Å². The van der Waals surface area contributed by atoms with E-state index in [-0.39, 0.29) is 23.9 Å². The molecular formula is C11H14N2O4S2. The van der Waals surface area contributed by atoms with E-state index in [1.54, 1.807) is 6.92 Å². The number of nitrogens with zero attached hydrogens (tertiary/aromatic N) is 2. The smallest absolute Gasteiger partial charge is 0.342 e. The lowest BCUT2D eigenvalue weighted by Gasteiger charge is -2.07. The van der Waals surface area contributed by atoms with Crippen LogP contribution in [0.3, 0.4) is 0 Å². The predicted molar refractivity (Wildman–Crippen MR) is 72.5 cm³/mol. The van der Waals surface area contributed by atoms with E-state index in [4.69, 9.17) is 4.74 Å². The van der Waals surface area contributed by atoms with Crippen molar-refractivity contribution in [1.29, 1.82) is 0 Å². The van der Waals surface area contributed by atoms with Gasteiger partial charge < -0.3 is 9.47 Å². The molecule has 0 fully saturated rings. The monoisotopic (exact) mass is 302 g/mol. The van der Waals surface area contributed by atoms with Gasteiger partial charge in [0.2, 0.25) is 0 Å². The Labute approximate surface area is 119 Å². The Morgan fingerprint density at radius 3 is 2.74 bits per heavy atom. The number of thioether (sulfide) groups is 2. The molecule has 0 unspecified atom stereocenters. The number of hydrogen-bond acceptors (Lipinski definition) is 8.